The van der Waals surface area contributed by atoms with Crippen molar-refractivity contribution in [3.05, 3.63) is 28.2 Å². The van der Waals surface area contributed by atoms with Crippen LogP contribution in [-0.2, 0) is 0 Å². The van der Waals surface area contributed by atoms with Gasteiger partial charge in [-0.25, -0.2) is 0 Å². The first-order valence-electron chi connectivity index (χ1n) is 3.33. The van der Waals surface area contributed by atoms with Crippen molar-refractivity contribution in [1.29, 1.82) is 5.41 Å². The Morgan fingerprint density at radius 2 is 2.15 bits per heavy atom. The van der Waals surface area contributed by atoms with Gasteiger partial charge in [0.25, 0.3) is 0 Å². The number of benzene rings is 1. The lowest BCUT2D eigenvalue weighted by Crippen LogP contribution is -2.11. The van der Waals surface area contributed by atoms with E-state index < -0.39 is 0 Å². The highest BCUT2D eigenvalue weighted by Gasteiger charge is 2.03. The lowest BCUT2D eigenvalue weighted by Gasteiger charge is -2.04. The topological polar surface area (TPSA) is 59.1 Å². The van der Waals surface area contributed by atoms with Crippen LogP contribution in [0.4, 0.5) is 0 Å². The Bertz CT molecular complexity index is 317. The maximum Gasteiger partial charge on any atom is 0.124 e. The van der Waals surface area contributed by atoms with Gasteiger partial charge in [-0.1, -0.05) is 15.9 Å². The van der Waals surface area contributed by atoms with E-state index >= 15 is 0 Å². The van der Waals surface area contributed by atoms with Gasteiger partial charge < -0.3 is 10.5 Å². The molecule has 0 fully saturated rings. The maximum absolute atomic E-state index is 7.24. The Kier molecular flexibility index (Phi) is 4.80. The molecule has 1 aromatic carbocycles. The quantitative estimate of drug-likeness (QED) is 0.636. The number of halogens is 2. The molecule has 5 heteroatoms. The second-order valence-corrected chi connectivity index (χ2v) is 3.11. The van der Waals surface area contributed by atoms with Crippen molar-refractivity contribution in [3.8, 4) is 5.75 Å². The third-order valence-corrected chi connectivity index (χ3v) is 2.16. The first-order valence-corrected chi connectivity index (χ1v) is 4.12. The van der Waals surface area contributed by atoms with Crippen LogP contribution in [-0.4, -0.2) is 12.9 Å². The fourth-order valence-electron chi connectivity index (χ4n) is 0.838. The Morgan fingerprint density at radius 3 is 2.62 bits per heavy atom. The zero-order valence-corrected chi connectivity index (χ0v) is 9.41. The minimum absolute atomic E-state index is 0. The normalized spacial score (nSPS) is 8.77. The Hall–Kier alpha value is -0.740. The highest BCUT2D eigenvalue weighted by molar-refractivity contribution is 9.10. The number of methoxy groups -OCH3 is 1. The van der Waals surface area contributed by atoms with Gasteiger partial charge in [0.2, 0.25) is 0 Å². The molecule has 1 rings (SSSR count). The number of hydrogen-bond acceptors (Lipinski definition) is 2. The second kappa shape index (κ2) is 5.09. The van der Waals surface area contributed by atoms with E-state index in [0.29, 0.717) is 11.3 Å². The number of nitrogens with two attached hydrogens (primary N) is 1. The van der Waals surface area contributed by atoms with Crippen LogP contribution in [0.5, 0.6) is 5.75 Å². The summed E-state index contributed by atoms with van der Waals surface area (Å²) in [6.07, 6.45) is 0. The standard InChI is InChI=1S/C8H9BrN2O.ClH/c1-12-5-2-3-7(9)6(4-5)8(10)11;/h2-4H,1H3,(H3,10,11);1H. The molecule has 0 saturated heterocycles. The fraction of sp³-hybridized carbons (Fsp3) is 0.125. The molecule has 0 spiro atoms. The van der Waals surface area contributed by atoms with Crippen LogP contribution >= 0.6 is 28.3 Å². The molecule has 0 aliphatic heterocycles. The lowest BCUT2D eigenvalue weighted by molar-refractivity contribution is 0.414. The fourth-order valence-corrected chi connectivity index (χ4v) is 1.30. The van der Waals surface area contributed by atoms with Gasteiger partial charge in [0, 0.05) is 10.0 Å². The maximum atomic E-state index is 7.24. The summed E-state index contributed by atoms with van der Waals surface area (Å²) in [7, 11) is 1.58. The largest absolute Gasteiger partial charge is 0.497 e. The predicted molar refractivity (Wildman–Crippen MR) is 59.0 cm³/mol. The van der Waals surface area contributed by atoms with E-state index in [-0.39, 0.29) is 18.2 Å². The molecule has 0 aliphatic carbocycles. The second-order valence-electron chi connectivity index (χ2n) is 2.26. The van der Waals surface area contributed by atoms with E-state index in [2.05, 4.69) is 15.9 Å². The van der Waals surface area contributed by atoms with Crippen LogP contribution in [0.2, 0.25) is 0 Å². The van der Waals surface area contributed by atoms with Crippen LogP contribution in [0.3, 0.4) is 0 Å². The molecule has 0 radical (unpaired) electrons. The third-order valence-electron chi connectivity index (χ3n) is 1.46. The molecule has 0 saturated carbocycles. The summed E-state index contributed by atoms with van der Waals surface area (Å²) >= 11 is 3.28. The molecule has 0 aromatic heterocycles. The molecule has 72 valence electrons. The van der Waals surface area contributed by atoms with Gasteiger partial charge in [0.15, 0.2) is 0 Å². The zero-order valence-electron chi connectivity index (χ0n) is 7.00. The average Bonchev–Trinajstić information content (AvgIpc) is 2.05. The molecule has 3 N–H and O–H groups in total. The van der Waals surface area contributed by atoms with Crippen molar-refractivity contribution in [3.63, 3.8) is 0 Å². The molecule has 0 bridgehead atoms. The highest BCUT2D eigenvalue weighted by Crippen LogP contribution is 2.21. The molecule has 0 amide bonds. The minimum Gasteiger partial charge on any atom is -0.497 e. The number of rotatable bonds is 2. The van der Waals surface area contributed by atoms with Crippen molar-refractivity contribution in [2.45, 2.75) is 0 Å². The molecule has 0 heterocycles. The SMILES string of the molecule is COc1ccc(Br)c(C(=N)N)c1.Cl. The summed E-state index contributed by atoms with van der Waals surface area (Å²) in [5, 5.41) is 7.24. The van der Waals surface area contributed by atoms with E-state index in [9.17, 15) is 0 Å². The molecular weight excluding hydrogens is 255 g/mol. The molecule has 1 aromatic rings. The van der Waals surface area contributed by atoms with Crippen LogP contribution in [0, 0.1) is 5.41 Å². The van der Waals surface area contributed by atoms with E-state index in [1.807, 2.05) is 0 Å². The first kappa shape index (κ1) is 12.3. The van der Waals surface area contributed by atoms with E-state index in [1.54, 1.807) is 25.3 Å². The van der Waals surface area contributed by atoms with Crippen molar-refractivity contribution in [1.82, 2.24) is 0 Å². The van der Waals surface area contributed by atoms with Crippen LogP contribution < -0.4 is 10.5 Å². The zero-order chi connectivity index (χ0) is 9.14. The van der Waals surface area contributed by atoms with Gasteiger partial charge >= 0.3 is 0 Å². The molecule has 0 unspecified atom stereocenters. The number of nitrogens with one attached hydrogen (secondary N) is 1. The summed E-state index contributed by atoms with van der Waals surface area (Å²) in [5.74, 6) is 0.726. The summed E-state index contributed by atoms with van der Waals surface area (Å²) in [6, 6.07) is 5.32. The van der Waals surface area contributed by atoms with E-state index in [4.69, 9.17) is 15.9 Å². The molecule has 13 heavy (non-hydrogen) atoms. The number of ether oxygens (including phenoxy) is 1. The highest BCUT2D eigenvalue weighted by atomic mass is 79.9. The molecule has 3 nitrogen and oxygen atoms in total. The number of nitrogen functional groups attached to an aromatic ring is 1. The summed E-state index contributed by atoms with van der Waals surface area (Å²) in [6.45, 7) is 0. The summed E-state index contributed by atoms with van der Waals surface area (Å²) < 4.78 is 5.79. The predicted octanol–water partition coefficient (Wildman–Crippen LogP) is 2.16. The molecule has 0 atom stereocenters. The third kappa shape index (κ3) is 2.90. The Balaban J connectivity index is 0.00000144. The van der Waals surface area contributed by atoms with Gasteiger partial charge in [0.05, 0.1) is 7.11 Å². The molecule has 0 aliphatic rings. The van der Waals surface area contributed by atoms with E-state index in [1.165, 1.54) is 0 Å². The van der Waals surface area contributed by atoms with Crippen LogP contribution in [0.15, 0.2) is 22.7 Å². The molecular formula is C8H10BrClN2O. The van der Waals surface area contributed by atoms with Crippen molar-refractivity contribution < 1.29 is 4.74 Å². The summed E-state index contributed by atoms with van der Waals surface area (Å²) in [5.41, 5.74) is 5.98. The van der Waals surface area contributed by atoms with Crippen LogP contribution in [0.25, 0.3) is 0 Å². The van der Waals surface area contributed by atoms with E-state index in [0.717, 1.165) is 4.47 Å². The van der Waals surface area contributed by atoms with Crippen LogP contribution in [0.1, 0.15) is 5.56 Å². The van der Waals surface area contributed by atoms with Gasteiger partial charge in [-0.15, -0.1) is 12.4 Å². The van der Waals surface area contributed by atoms with Crippen molar-refractivity contribution >= 4 is 34.2 Å². The van der Waals surface area contributed by atoms with Crippen molar-refractivity contribution in [2.24, 2.45) is 5.73 Å². The van der Waals surface area contributed by atoms with Crippen molar-refractivity contribution in [2.75, 3.05) is 7.11 Å². The van der Waals surface area contributed by atoms with Gasteiger partial charge in [-0.05, 0) is 18.2 Å². The number of amidine groups is 1. The van der Waals surface area contributed by atoms with Gasteiger partial charge in [-0.3, -0.25) is 5.41 Å². The van der Waals surface area contributed by atoms with Gasteiger partial charge in [0.1, 0.15) is 11.6 Å². The Labute approximate surface area is 91.3 Å². The monoisotopic (exact) mass is 264 g/mol. The lowest BCUT2D eigenvalue weighted by atomic mass is 10.2. The number of hydrogen-bond donors (Lipinski definition) is 2. The average molecular weight is 266 g/mol. The summed E-state index contributed by atoms with van der Waals surface area (Å²) in [4.78, 5) is 0. The minimum atomic E-state index is 0. The Morgan fingerprint density at radius 1 is 1.54 bits per heavy atom. The smallest absolute Gasteiger partial charge is 0.124 e. The van der Waals surface area contributed by atoms with Gasteiger partial charge in [-0.2, -0.15) is 0 Å². The first-order chi connectivity index (χ1) is 5.65.